The number of allylic oxidation sites excluding steroid dienone is 6. The van der Waals surface area contributed by atoms with Gasteiger partial charge in [0, 0.05) is 19.3 Å². The van der Waals surface area contributed by atoms with Gasteiger partial charge in [0.1, 0.15) is 13.2 Å². The van der Waals surface area contributed by atoms with Crippen molar-refractivity contribution in [1.82, 2.24) is 0 Å². The summed E-state index contributed by atoms with van der Waals surface area (Å²) in [5, 5.41) is 0. The molecule has 1 atom stereocenters. The molecule has 0 rings (SSSR count). The Hall–Kier alpha value is -2.37. The van der Waals surface area contributed by atoms with E-state index in [4.69, 9.17) is 14.2 Å². The standard InChI is InChI=1S/C51H92O6/c1-4-7-10-13-16-19-22-24-25-26-27-30-32-35-38-41-44-50(53)56-47-48(46-55-49(52)43-40-37-34-31-28-21-18-15-12-9-6-3)57-51(54)45-42-39-36-33-29-23-20-17-14-11-8-5-2/h9,12,18,21,31,34,48H,4-8,10-11,13-17,19-20,22-30,32-33,35-47H2,1-3H3/b12-9-,21-18-,34-31-. The molecule has 0 saturated heterocycles. The molecular formula is C51H92O6. The molecule has 0 aromatic rings. The fraction of sp³-hybridized carbons (Fsp3) is 0.824. The lowest BCUT2D eigenvalue weighted by Crippen LogP contribution is -2.30. The summed E-state index contributed by atoms with van der Waals surface area (Å²) in [5.74, 6) is -0.933. The molecular weight excluding hydrogens is 709 g/mol. The minimum absolute atomic E-state index is 0.0837. The van der Waals surface area contributed by atoms with Gasteiger partial charge < -0.3 is 14.2 Å². The van der Waals surface area contributed by atoms with Crippen LogP contribution in [-0.2, 0) is 28.6 Å². The van der Waals surface area contributed by atoms with E-state index in [2.05, 4.69) is 57.2 Å². The Bertz CT molecular complexity index is 969. The van der Waals surface area contributed by atoms with Gasteiger partial charge in [-0.15, -0.1) is 0 Å². The third kappa shape index (κ3) is 44.6. The van der Waals surface area contributed by atoms with Crippen LogP contribution in [0.15, 0.2) is 36.5 Å². The summed E-state index contributed by atoms with van der Waals surface area (Å²) in [5.41, 5.74) is 0. The number of hydrogen-bond acceptors (Lipinski definition) is 6. The molecule has 6 nitrogen and oxygen atoms in total. The molecule has 0 aromatic heterocycles. The summed E-state index contributed by atoms with van der Waals surface area (Å²) in [6.45, 7) is 6.48. The van der Waals surface area contributed by atoms with Crippen LogP contribution in [0.2, 0.25) is 0 Å². The summed E-state index contributed by atoms with van der Waals surface area (Å²) >= 11 is 0. The van der Waals surface area contributed by atoms with Crippen molar-refractivity contribution in [3.63, 3.8) is 0 Å². The van der Waals surface area contributed by atoms with Crippen LogP contribution < -0.4 is 0 Å². The van der Waals surface area contributed by atoms with E-state index in [-0.39, 0.29) is 31.1 Å². The number of carbonyl (C=O) groups is 3. The van der Waals surface area contributed by atoms with E-state index >= 15 is 0 Å². The first kappa shape index (κ1) is 54.6. The average Bonchev–Trinajstić information content (AvgIpc) is 3.21. The third-order valence-corrected chi connectivity index (χ3v) is 10.7. The topological polar surface area (TPSA) is 78.9 Å². The van der Waals surface area contributed by atoms with E-state index in [1.807, 2.05) is 0 Å². The molecule has 0 saturated carbocycles. The molecule has 0 radical (unpaired) electrons. The van der Waals surface area contributed by atoms with Crippen molar-refractivity contribution in [3.8, 4) is 0 Å². The SMILES string of the molecule is CC/C=C\C/C=C\C/C=C\CCCC(=O)OCC(COC(=O)CCCCCCCCCCCCCCCCCC)OC(=O)CCCCCCCCCCCCCC. The molecule has 0 spiro atoms. The molecule has 0 aliphatic carbocycles. The lowest BCUT2D eigenvalue weighted by molar-refractivity contribution is -0.167. The number of esters is 3. The van der Waals surface area contributed by atoms with Crippen LogP contribution in [-0.4, -0.2) is 37.2 Å². The van der Waals surface area contributed by atoms with Crippen LogP contribution in [0.4, 0.5) is 0 Å². The zero-order valence-corrected chi connectivity index (χ0v) is 37.9. The molecule has 0 heterocycles. The highest BCUT2D eigenvalue weighted by atomic mass is 16.6. The molecule has 6 heteroatoms. The second kappa shape index (κ2) is 46.3. The van der Waals surface area contributed by atoms with Crippen LogP contribution in [0.25, 0.3) is 0 Å². The number of unbranched alkanes of at least 4 members (excludes halogenated alkanes) is 27. The highest BCUT2D eigenvalue weighted by Gasteiger charge is 2.19. The zero-order valence-electron chi connectivity index (χ0n) is 37.9. The monoisotopic (exact) mass is 801 g/mol. The molecule has 0 aliphatic heterocycles. The highest BCUT2D eigenvalue weighted by Crippen LogP contribution is 2.16. The lowest BCUT2D eigenvalue weighted by Gasteiger charge is -2.18. The van der Waals surface area contributed by atoms with E-state index in [1.54, 1.807) is 0 Å². The minimum atomic E-state index is -0.785. The van der Waals surface area contributed by atoms with Crippen molar-refractivity contribution >= 4 is 17.9 Å². The van der Waals surface area contributed by atoms with Gasteiger partial charge in [-0.05, 0) is 44.9 Å². The van der Waals surface area contributed by atoms with Gasteiger partial charge in [-0.2, -0.15) is 0 Å². The van der Waals surface area contributed by atoms with Crippen LogP contribution >= 0.6 is 0 Å². The first-order valence-corrected chi connectivity index (χ1v) is 24.5. The first-order chi connectivity index (χ1) is 28.0. The van der Waals surface area contributed by atoms with Crippen LogP contribution in [0.3, 0.4) is 0 Å². The highest BCUT2D eigenvalue weighted by molar-refractivity contribution is 5.71. The molecule has 0 aromatic carbocycles. The number of carbonyl (C=O) groups excluding carboxylic acids is 3. The second-order valence-electron chi connectivity index (χ2n) is 16.4. The van der Waals surface area contributed by atoms with Crippen molar-refractivity contribution in [2.45, 2.75) is 258 Å². The van der Waals surface area contributed by atoms with Gasteiger partial charge in [0.15, 0.2) is 6.10 Å². The number of rotatable bonds is 44. The maximum Gasteiger partial charge on any atom is 0.306 e. The fourth-order valence-electron chi connectivity index (χ4n) is 7.00. The third-order valence-electron chi connectivity index (χ3n) is 10.7. The zero-order chi connectivity index (χ0) is 41.5. The largest absolute Gasteiger partial charge is 0.462 e. The molecule has 57 heavy (non-hydrogen) atoms. The van der Waals surface area contributed by atoms with Crippen LogP contribution in [0.5, 0.6) is 0 Å². The van der Waals surface area contributed by atoms with E-state index in [1.165, 1.54) is 141 Å². The van der Waals surface area contributed by atoms with Crippen molar-refractivity contribution in [2.75, 3.05) is 13.2 Å². The summed E-state index contributed by atoms with van der Waals surface area (Å²) in [4.78, 5) is 37.8. The van der Waals surface area contributed by atoms with Gasteiger partial charge in [-0.25, -0.2) is 0 Å². The van der Waals surface area contributed by atoms with Gasteiger partial charge in [0.2, 0.25) is 0 Å². The number of ether oxygens (including phenoxy) is 3. The average molecular weight is 801 g/mol. The smallest absolute Gasteiger partial charge is 0.306 e. The second-order valence-corrected chi connectivity index (χ2v) is 16.4. The maximum atomic E-state index is 12.7. The normalized spacial score (nSPS) is 12.3. The Morgan fingerprint density at radius 2 is 0.684 bits per heavy atom. The van der Waals surface area contributed by atoms with Gasteiger partial charge in [-0.3, -0.25) is 14.4 Å². The van der Waals surface area contributed by atoms with Crippen LogP contribution in [0.1, 0.15) is 252 Å². The van der Waals surface area contributed by atoms with Crippen molar-refractivity contribution in [2.24, 2.45) is 0 Å². The summed E-state index contributed by atoms with van der Waals surface area (Å²) in [6.07, 6.45) is 52.8. The van der Waals surface area contributed by atoms with Crippen molar-refractivity contribution in [1.29, 1.82) is 0 Å². The molecule has 0 fully saturated rings. The van der Waals surface area contributed by atoms with E-state index in [9.17, 15) is 14.4 Å². The molecule has 0 aliphatic rings. The predicted molar refractivity (Wildman–Crippen MR) is 242 cm³/mol. The van der Waals surface area contributed by atoms with Gasteiger partial charge in [-0.1, -0.05) is 224 Å². The Morgan fingerprint density at radius 1 is 0.368 bits per heavy atom. The fourth-order valence-corrected chi connectivity index (χ4v) is 7.00. The molecule has 0 N–H and O–H groups in total. The molecule has 332 valence electrons. The summed E-state index contributed by atoms with van der Waals surface area (Å²) < 4.78 is 16.7. The molecule has 1 unspecified atom stereocenters. The Morgan fingerprint density at radius 3 is 1.07 bits per heavy atom. The first-order valence-electron chi connectivity index (χ1n) is 24.5. The van der Waals surface area contributed by atoms with Gasteiger partial charge in [0.25, 0.3) is 0 Å². The predicted octanol–water partition coefficient (Wildman–Crippen LogP) is 15.8. The summed E-state index contributed by atoms with van der Waals surface area (Å²) in [7, 11) is 0. The minimum Gasteiger partial charge on any atom is -0.462 e. The van der Waals surface area contributed by atoms with E-state index in [0.717, 1.165) is 64.2 Å². The van der Waals surface area contributed by atoms with Gasteiger partial charge >= 0.3 is 17.9 Å². The lowest BCUT2D eigenvalue weighted by atomic mass is 10.0. The molecule has 0 bridgehead atoms. The quantitative estimate of drug-likeness (QED) is 0.0264. The maximum absolute atomic E-state index is 12.7. The summed E-state index contributed by atoms with van der Waals surface area (Å²) in [6, 6.07) is 0. The Kier molecular flexibility index (Phi) is 44.4. The van der Waals surface area contributed by atoms with Crippen molar-refractivity contribution in [3.05, 3.63) is 36.5 Å². The van der Waals surface area contributed by atoms with Crippen LogP contribution in [0, 0.1) is 0 Å². The van der Waals surface area contributed by atoms with Crippen molar-refractivity contribution < 1.29 is 28.6 Å². The Labute approximate surface area is 353 Å². The van der Waals surface area contributed by atoms with Gasteiger partial charge in [0.05, 0.1) is 0 Å². The van der Waals surface area contributed by atoms with E-state index < -0.39 is 6.10 Å². The molecule has 0 amide bonds. The number of hydrogen-bond donors (Lipinski definition) is 0. The Balaban J connectivity index is 4.36. The van der Waals surface area contributed by atoms with E-state index in [0.29, 0.717) is 25.7 Å².